The normalized spacial score (nSPS) is 15.6. The first-order valence-electron chi connectivity index (χ1n) is 8.32. The van der Waals surface area contributed by atoms with E-state index in [1.807, 2.05) is 0 Å². The SMILES string of the molecule is CC(C)OC(=O)/C=C/C(=O)OCCCNC(=O)C1CCCCC1. The van der Waals surface area contributed by atoms with Gasteiger partial charge in [0.15, 0.2) is 0 Å². The van der Waals surface area contributed by atoms with Crippen LogP contribution in [0.3, 0.4) is 0 Å². The van der Waals surface area contributed by atoms with Crippen LogP contribution in [-0.4, -0.2) is 37.1 Å². The Morgan fingerprint density at radius 2 is 1.74 bits per heavy atom. The van der Waals surface area contributed by atoms with Gasteiger partial charge in [0.25, 0.3) is 0 Å². The summed E-state index contributed by atoms with van der Waals surface area (Å²) in [5.74, 6) is -0.922. The van der Waals surface area contributed by atoms with E-state index in [0.29, 0.717) is 13.0 Å². The van der Waals surface area contributed by atoms with E-state index in [4.69, 9.17) is 9.47 Å². The average Bonchev–Trinajstić information content (AvgIpc) is 2.52. The highest BCUT2D eigenvalue weighted by molar-refractivity contribution is 5.91. The summed E-state index contributed by atoms with van der Waals surface area (Å²) in [7, 11) is 0. The molecule has 1 fully saturated rings. The van der Waals surface area contributed by atoms with E-state index in [2.05, 4.69) is 5.32 Å². The molecule has 0 aromatic carbocycles. The molecule has 1 saturated carbocycles. The maximum absolute atomic E-state index is 11.9. The topological polar surface area (TPSA) is 81.7 Å². The van der Waals surface area contributed by atoms with Crippen LogP contribution in [0.25, 0.3) is 0 Å². The van der Waals surface area contributed by atoms with Gasteiger partial charge < -0.3 is 14.8 Å². The lowest BCUT2D eigenvalue weighted by Crippen LogP contribution is -2.33. The molecule has 0 heterocycles. The monoisotopic (exact) mass is 325 g/mol. The van der Waals surface area contributed by atoms with Crippen molar-refractivity contribution in [3.8, 4) is 0 Å². The number of rotatable bonds is 8. The second-order valence-electron chi connectivity index (χ2n) is 5.97. The van der Waals surface area contributed by atoms with Gasteiger partial charge in [-0.05, 0) is 33.1 Å². The number of esters is 2. The van der Waals surface area contributed by atoms with Crippen LogP contribution < -0.4 is 5.32 Å². The second-order valence-corrected chi connectivity index (χ2v) is 5.97. The van der Waals surface area contributed by atoms with Crippen molar-refractivity contribution in [2.75, 3.05) is 13.2 Å². The fraction of sp³-hybridized carbons (Fsp3) is 0.706. The molecule has 0 saturated heterocycles. The van der Waals surface area contributed by atoms with E-state index < -0.39 is 11.9 Å². The second kappa shape index (κ2) is 10.8. The molecule has 6 nitrogen and oxygen atoms in total. The molecule has 1 amide bonds. The van der Waals surface area contributed by atoms with Crippen LogP contribution in [0, 0.1) is 5.92 Å². The predicted molar refractivity (Wildman–Crippen MR) is 85.5 cm³/mol. The van der Waals surface area contributed by atoms with E-state index in [1.54, 1.807) is 13.8 Å². The summed E-state index contributed by atoms with van der Waals surface area (Å²) in [5.41, 5.74) is 0. The predicted octanol–water partition coefficient (Wildman–Crippen LogP) is 2.12. The summed E-state index contributed by atoms with van der Waals surface area (Å²) >= 11 is 0. The molecular formula is C17H27NO5. The number of carbonyl (C=O) groups excluding carboxylic acids is 3. The molecule has 6 heteroatoms. The Kier molecular flexibility index (Phi) is 9.02. The van der Waals surface area contributed by atoms with Gasteiger partial charge >= 0.3 is 11.9 Å². The van der Waals surface area contributed by atoms with E-state index in [9.17, 15) is 14.4 Å². The van der Waals surface area contributed by atoms with Crippen LogP contribution in [0.4, 0.5) is 0 Å². The molecule has 0 radical (unpaired) electrons. The Morgan fingerprint density at radius 3 is 2.39 bits per heavy atom. The van der Waals surface area contributed by atoms with Gasteiger partial charge in [0.05, 0.1) is 12.7 Å². The Bertz CT molecular complexity index is 425. The summed E-state index contributed by atoms with van der Waals surface area (Å²) in [4.78, 5) is 34.4. The Morgan fingerprint density at radius 1 is 1.09 bits per heavy atom. The van der Waals surface area contributed by atoms with Gasteiger partial charge in [-0.25, -0.2) is 9.59 Å². The van der Waals surface area contributed by atoms with Crippen molar-refractivity contribution in [2.45, 2.75) is 58.5 Å². The molecule has 0 aromatic rings. The number of hydrogen-bond donors (Lipinski definition) is 1. The van der Waals surface area contributed by atoms with Crippen LogP contribution in [-0.2, 0) is 23.9 Å². The van der Waals surface area contributed by atoms with Gasteiger partial charge in [-0.2, -0.15) is 0 Å². The average molecular weight is 325 g/mol. The number of hydrogen-bond acceptors (Lipinski definition) is 5. The van der Waals surface area contributed by atoms with Gasteiger partial charge in [-0.1, -0.05) is 19.3 Å². The molecule has 1 N–H and O–H groups in total. The Hall–Kier alpha value is -1.85. The molecule has 130 valence electrons. The molecule has 0 aliphatic heterocycles. The van der Waals surface area contributed by atoms with E-state index >= 15 is 0 Å². The lowest BCUT2D eigenvalue weighted by atomic mass is 9.89. The third-order valence-electron chi connectivity index (χ3n) is 3.55. The molecule has 1 aliphatic rings. The van der Waals surface area contributed by atoms with E-state index in [1.165, 1.54) is 6.42 Å². The molecule has 23 heavy (non-hydrogen) atoms. The van der Waals surface area contributed by atoms with Gasteiger partial charge in [0.1, 0.15) is 0 Å². The fourth-order valence-corrected chi connectivity index (χ4v) is 2.42. The van der Waals surface area contributed by atoms with Gasteiger partial charge in [0, 0.05) is 24.6 Å². The van der Waals surface area contributed by atoms with E-state index in [-0.39, 0.29) is 24.5 Å². The van der Waals surface area contributed by atoms with Crippen molar-refractivity contribution in [3.63, 3.8) is 0 Å². The lowest BCUT2D eigenvalue weighted by molar-refractivity contribution is -0.142. The maximum atomic E-state index is 11.9. The number of carbonyl (C=O) groups is 3. The minimum absolute atomic E-state index is 0.104. The Labute approximate surface area is 137 Å². The number of ether oxygens (including phenoxy) is 2. The highest BCUT2D eigenvalue weighted by Gasteiger charge is 2.20. The summed E-state index contributed by atoms with van der Waals surface area (Å²) < 4.78 is 9.79. The molecule has 0 unspecified atom stereocenters. The number of nitrogens with one attached hydrogen (secondary N) is 1. The van der Waals surface area contributed by atoms with Crippen molar-refractivity contribution in [2.24, 2.45) is 5.92 Å². The minimum atomic E-state index is -0.593. The van der Waals surface area contributed by atoms with Crippen LogP contribution >= 0.6 is 0 Å². The van der Waals surface area contributed by atoms with Crippen LogP contribution in [0.2, 0.25) is 0 Å². The number of amides is 1. The highest BCUT2D eigenvalue weighted by atomic mass is 16.5. The zero-order valence-corrected chi connectivity index (χ0v) is 14.0. The van der Waals surface area contributed by atoms with E-state index in [0.717, 1.165) is 37.8 Å². The first-order chi connectivity index (χ1) is 11.0. The lowest BCUT2D eigenvalue weighted by Gasteiger charge is -2.20. The summed E-state index contributed by atoms with van der Waals surface area (Å²) in [5, 5.41) is 2.88. The van der Waals surface area contributed by atoms with Gasteiger partial charge in [-0.3, -0.25) is 4.79 Å². The quantitative estimate of drug-likeness (QED) is 0.420. The zero-order valence-electron chi connectivity index (χ0n) is 14.0. The first kappa shape index (κ1) is 19.2. The largest absolute Gasteiger partial charge is 0.462 e. The molecule has 1 aliphatic carbocycles. The molecule has 0 aromatic heterocycles. The summed E-state index contributed by atoms with van der Waals surface area (Å²) in [6.07, 6.45) is 7.83. The Balaban J connectivity index is 2.07. The summed E-state index contributed by atoms with van der Waals surface area (Å²) in [6, 6.07) is 0. The fourth-order valence-electron chi connectivity index (χ4n) is 2.42. The summed E-state index contributed by atoms with van der Waals surface area (Å²) in [6.45, 7) is 4.15. The molecular weight excluding hydrogens is 298 g/mol. The van der Waals surface area contributed by atoms with Crippen LogP contribution in [0.1, 0.15) is 52.4 Å². The molecule has 0 bridgehead atoms. The highest BCUT2D eigenvalue weighted by Crippen LogP contribution is 2.23. The van der Waals surface area contributed by atoms with Gasteiger partial charge in [-0.15, -0.1) is 0 Å². The zero-order chi connectivity index (χ0) is 17.1. The third-order valence-corrected chi connectivity index (χ3v) is 3.55. The van der Waals surface area contributed by atoms with Crippen LogP contribution in [0.15, 0.2) is 12.2 Å². The van der Waals surface area contributed by atoms with Crippen LogP contribution in [0.5, 0.6) is 0 Å². The third kappa shape index (κ3) is 9.01. The minimum Gasteiger partial charge on any atom is -0.462 e. The standard InChI is InChI=1S/C17H27NO5/c1-13(2)23-16(20)10-9-15(19)22-12-6-11-18-17(21)14-7-4-3-5-8-14/h9-10,13-14H,3-8,11-12H2,1-2H3,(H,18,21)/b10-9+. The van der Waals surface area contributed by atoms with Crippen molar-refractivity contribution >= 4 is 17.8 Å². The maximum Gasteiger partial charge on any atom is 0.331 e. The van der Waals surface area contributed by atoms with Crippen molar-refractivity contribution in [1.29, 1.82) is 0 Å². The van der Waals surface area contributed by atoms with Crippen molar-refractivity contribution in [1.82, 2.24) is 5.32 Å². The van der Waals surface area contributed by atoms with Gasteiger partial charge in [0.2, 0.25) is 5.91 Å². The molecule has 1 rings (SSSR count). The molecule has 0 atom stereocenters. The van der Waals surface area contributed by atoms with Crippen molar-refractivity contribution in [3.05, 3.63) is 12.2 Å². The smallest absolute Gasteiger partial charge is 0.331 e. The molecule has 0 spiro atoms. The first-order valence-corrected chi connectivity index (χ1v) is 8.32. The van der Waals surface area contributed by atoms with Crippen molar-refractivity contribution < 1.29 is 23.9 Å².